The molecule has 1 unspecified atom stereocenters. The zero-order valence-corrected chi connectivity index (χ0v) is 8.91. The average molecular weight is 247 g/mol. The molecule has 0 aromatic heterocycles. The Kier molecular flexibility index (Phi) is 4.51. The number of aryl methyl sites for hydroxylation is 1. The first-order valence-electron chi connectivity index (χ1n) is 4.96. The first-order valence-corrected chi connectivity index (χ1v) is 4.96. The molecule has 1 aromatic rings. The van der Waals surface area contributed by atoms with Crippen LogP contribution >= 0.6 is 0 Å². The van der Waals surface area contributed by atoms with Crippen molar-refractivity contribution in [3.05, 3.63) is 35.9 Å². The molecule has 0 saturated heterocycles. The fourth-order valence-electron chi connectivity index (χ4n) is 1.36. The van der Waals surface area contributed by atoms with Crippen LogP contribution in [0.15, 0.2) is 30.3 Å². The summed E-state index contributed by atoms with van der Waals surface area (Å²) >= 11 is 0. The number of hydrogen-bond acceptors (Lipinski definition) is 2. The molecule has 0 aliphatic carbocycles. The van der Waals surface area contributed by atoms with Gasteiger partial charge in [0.1, 0.15) is 6.10 Å². The number of amides is 1. The predicted octanol–water partition coefficient (Wildman–Crippen LogP) is 2.01. The molecule has 0 spiro atoms. The van der Waals surface area contributed by atoms with E-state index in [0.29, 0.717) is 6.42 Å². The van der Waals surface area contributed by atoms with Crippen molar-refractivity contribution in [2.45, 2.75) is 25.3 Å². The molecule has 0 heterocycles. The van der Waals surface area contributed by atoms with Crippen molar-refractivity contribution in [1.82, 2.24) is 0 Å². The highest BCUT2D eigenvalue weighted by molar-refractivity contribution is 5.78. The lowest BCUT2D eigenvalue weighted by Gasteiger charge is -2.16. The lowest BCUT2D eigenvalue weighted by Crippen LogP contribution is -2.36. The highest BCUT2D eigenvalue weighted by Crippen LogP contribution is 2.21. The Bertz CT molecular complexity index is 365. The summed E-state index contributed by atoms with van der Waals surface area (Å²) in [5, 5.41) is 0. The quantitative estimate of drug-likeness (QED) is 0.865. The fourth-order valence-corrected chi connectivity index (χ4v) is 1.36. The number of ether oxygens (including phenoxy) is 1. The van der Waals surface area contributed by atoms with Crippen LogP contribution in [-0.2, 0) is 16.0 Å². The second-order valence-electron chi connectivity index (χ2n) is 3.48. The molecule has 17 heavy (non-hydrogen) atoms. The molecule has 0 fully saturated rings. The largest absolute Gasteiger partial charge is 0.523 e. The number of primary amides is 1. The fraction of sp³-hybridized carbons (Fsp3) is 0.364. The van der Waals surface area contributed by atoms with Crippen molar-refractivity contribution in [3.8, 4) is 0 Å². The second kappa shape index (κ2) is 5.67. The van der Waals surface area contributed by atoms with E-state index in [2.05, 4.69) is 4.74 Å². The average Bonchev–Trinajstić information content (AvgIpc) is 2.24. The molecule has 1 atom stereocenters. The van der Waals surface area contributed by atoms with Gasteiger partial charge in [0.25, 0.3) is 0 Å². The predicted molar refractivity (Wildman–Crippen MR) is 54.9 cm³/mol. The number of rotatable bonds is 5. The third-order valence-corrected chi connectivity index (χ3v) is 2.13. The highest BCUT2D eigenvalue weighted by atomic mass is 19.4. The van der Waals surface area contributed by atoms with Crippen molar-refractivity contribution in [2.75, 3.05) is 0 Å². The molecule has 0 saturated carbocycles. The summed E-state index contributed by atoms with van der Waals surface area (Å²) in [5.74, 6) is -1.11. The Balaban J connectivity index is 2.54. The first kappa shape index (κ1) is 13.5. The van der Waals surface area contributed by atoms with Crippen LogP contribution in [-0.4, -0.2) is 18.4 Å². The lowest BCUT2D eigenvalue weighted by molar-refractivity contribution is -0.337. The Labute approximate surface area is 96.4 Å². The van der Waals surface area contributed by atoms with Gasteiger partial charge in [-0.1, -0.05) is 30.3 Å². The maximum absolute atomic E-state index is 12.0. The number of hydrogen-bond donors (Lipinski definition) is 1. The van der Waals surface area contributed by atoms with Gasteiger partial charge in [0.05, 0.1) is 0 Å². The zero-order valence-electron chi connectivity index (χ0n) is 8.91. The van der Waals surface area contributed by atoms with E-state index in [1.54, 1.807) is 30.3 Å². The van der Waals surface area contributed by atoms with Gasteiger partial charge in [-0.3, -0.25) is 9.53 Å². The van der Waals surface area contributed by atoms with E-state index in [1.165, 1.54) is 0 Å². The second-order valence-corrected chi connectivity index (χ2v) is 3.48. The van der Waals surface area contributed by atoms with Crippen LogP contribution in [0, 0.1) is 0 Å². The van der Waals surface area contributed by atoms with Gasteiger partial charge in [0.15, 0.2) is 0 Å². The summed E-state index contributed by atoms with van der Waals surface area (Å²) in [5.41, 5.74) is 5.67. The van der Waals surface area contributed by atoms with Gasteiger partial charge in [-0.05, 0) is 18.4 Å². The maximum atomic E-state index is 12.0. The van der Waals surface area contributed by atoms with Gasteiger partial charge in [0, 0.05) is 0 Å². The summed E-state index contributed by atoms with van der Waals surface area (Å²) in [6, 6.07) is 8.83. The molecule has 0 aliphatic heterocycles. The molecule has 94 valence electrons. The van der Waals surface area contributed by atoms with Crippen molar-refractivity contribution in [3.63, 3.8) is 0 Å². The Morgan fingerprint density at radius 3 is 2.35 bits per heavy atom. The van der Waals surface area contributed by atoms with Crippen LogP contribution < -0.4 is 5.73 Å². The standard InChI is InChI=1S/C11H12F3NO2/c12-11(13,14)17-9(10(15)16)7-6-8-4-2-1-3-5-8/h1-5,9H,6-7H2,(H2,15,16). The molecule has 0 radical (unpaired) electrons. The van der Waals surface area contributed by atoms with Crippen LogP contribution in [0.25, 0.3) is 0 Å². The smallest absolute Gasteiger partial charge is 0.367 e. The number of benzene rings is 1. The van der Waals surface area contributed by atoms with Crippen LogP contribution in [0.1, 0.15) is 12.0 Å². The lowest BCUT2D eigenvalue weighted by atomic mass is 10.1. The molecule has 0 aliphatic rings. The number of alkyl halides is 3. The molecule has 1 rings (SSSR count). The monoisotopic (exact) mass is 247 g/mol. The van der Waals surface area contributed by atoms with E-state index >= 15 is 0 Å². The molecule has 6 heteroatoms. The van der Waals surface area contributed by atoms with Crippen molar-refractivity contribution < 1.29 is 22.7 Å². The summed E-state index contributed by atoms with van der Waals surface area (Å²) in [6.07, 6.45) is -6.30. The Hall–Kier alpha value is -1.56. The topological polar surface area (TPSA) is 52.3 Å². The van der Waals surface area contributed by atoms with Gasteiger partial charge in [0.2, 0.25) is 5.91 Å². The number of nitrogens with two attached hydrogens (primary N) is 1. The summed E-state index contributed by atoms with van der Waals surface area (Å²) in [6.45, 7) is 0. The third-order valence-electron chi connectivity index (χ3n) is 2.13. The number of carbonyl (C=O) groups is 1. The van der Waals surface area contributed by atoms with E-state index in [4.69, 9.17) is 5.73 Å². The van der Waals surface area contributed by atoms with E-state index in [0.717, 1.165) is 5.56 Å². The maximum Gasteiger partial charge on any atom is 0.523 e. The SMILES string of the molecule is NC(=O)C(CCc1ccccc1)OC(F)(F)F. The van der Waals surface area contributed by atoms with Crippen LogP contribution in [0.4, 0.5) is 13.2 Å². The minimum Gasteiger partial charge on any atom is -0.367 e. The summed E-state index contributed by atoms with van der Waals surface area (Å²) < 4.78 is 39.5. The summed E-state index contributed by atoms with van der Waals surface area (Å²) in [7, 11) is 0. The minimum absolute atomic E-state index is 0.0984. The molecular formula is C11H12F3NO2. The molecule has 2 N–H and O–H groups in total. The van der Waals surface area contributed by atoms with Crippen LogP contribution in [0.2, 0.25) is 0 Å². The van der Waals surface area contributed by atoms with Crippen LogP contribution in [0.5, 0.6) is 0 Å². The minimum atomic E-state index is -4.85. The van der Waals surface area contributed by atoms with Crippen LogP contribution in [0.3, 0.4) is 0 Å². The van der Waals surface area contributed by atoms with Crippen molar-refractivity contribution in [1.29, 1.82) is 0 Å². The van der Waals surface area contributed by atoms with Gasteiger partial charge in [-0.2, -0.15) is 0 Å². The van der Waals surface area contributed by atoms with Gasteiger partial charge in [-0.15, -0.1) is 13.2 Å². The Morgan fingerprint density at radius 2 is 1.88 bits per heavy atom. The zero-order chi connectivity index (χ0) is 12.9. The van der Waals surface area contributed by atoms with E-state index in [1.807, 2.05) is 0 Å². The Morgan fingerprint density at radius 1 is 1.29 bits per heavy atom. The normalized spacial score (nSPS) is 13.4. The third kappa shape index (κ3) is 5.35. The molecular weight excluding hydrogens is 235 g/mol. The van der Waals surface area contributed by atoms with Gasteiger partial charge >= 0.3 is 6.36 Å². The van der Waals surface area contributed by atoms with Gasteiger partial charge in [-0.25, -0.2) is 0 Å². The molecule has 0 bridgehead atoms. The summed E-state index contributed by atoms with van der Waals surface area (Å²) in [4.78, 5) is 10.8. The van der Waals surface area contributed by atoms with E-state index in [9.17, 15) is 18.0 Å². The van der Waals surface area contributed by atoms with Crippen molar-refractivity contribution >= 4 is 5.91 Å². The molecule has 1 amide bonds. The molecule has 3 nitrogen and oxygen atoms in total. The molecule has 1 aromatic carbocycles. The highest BCUT2D eigenvalue weighted by Gasteiger charge is 2.35. The van der Waals surface area contributed by atoms with E-state index in [-0.39, 0.29) is 6.42 Å². The number of carbonyl (C=O) groups excluding carboxylic acids is 1. The van der Waals surface area contributed by atoms with Gasteiger partial charge < -0.3 is 5.73 Å². The van der Waals surface area contributed by atoms with Crippen molar-refractivity contribution in [2.24, 2.45) is 5.73 Å². The van der Waals surface area contributed by atoms with E-state index < -0.39 is 18.4 Å². The number of halogens is 3. The first-order chi connectivity index (χ1) is 7.88.